The summed E-state index contributed by atoms with van der Waals surface area (Å²) in [4.78, 5) is 18.3. The summed E-state index contributed by atoms with van der Waals surface area (Å²) in [6.45, 7) is 4.10. The number of carbonyl (C=O) groups excluding carboxylic acids is 1. The molecule has 1 aliphatic rings. The molecular formula is C26H30F7N3O. The highest BCUT2D eigenvalue weighted by Gasteiger charge is 2.42. The van der Waals surface area contributed by atoms with Gasteiger partial charge in [-0.05, 0) is 87.3 Å². The van der Waals surface area contributed by atoms with Crippen LogP contribution in [0.5, 0.6) is 0 Å². The number of halogens is 7. The van der Waals surface area contributed by atoms with Gasteiger partial charge in [-0.2, -0.15) is 26.3 Å². The van der Waals surface area contributed by atoms with Gasteiger partial charge < -0.3 is 14.7 Å². The van der Waals surface area contributed by atoms with Crippen LogP contribution >= 0.6 is 0 Å². The predicted molar refractivity (Wildman–Crippen MR) is 125 cm³/mol. The van der Waals surface area contributed by atoms with E-state index in [9.17, 15) is 35.5 Å². The topological polar surface area (TPSA) is 26.8 Å². The van der Waals surface area contributed by atoms with Crippen molar-refractivity contribution in [2.24, 2.45) is 5.92 Å². The van der Waals surface area contributed by atoms with Crippen molar-refractivity contribution in [1.82, 2.24) is 14.7 Å². The van der Waals surface area contributed by atoms with Crippen LogP contribution in [0.1, 0.15) is 53.2 Å². The first-order valence-corrected chi connectivity index (χ1v) is 11.7. The number of alkyl halides is 6. The van der Waals surface area contributed by atoms with Gasteiger partial charge in [-0.25, -0.2) is 9.18 Å². The first-order chi connectivity index (χ1) is 17.0. The van der Waals surface area contributed by atoms with Gasteiger partial charge in [-0.15, -0.1) is 0 Å². The minimum atomic E-state index is -4.99. The molecular weight excluding hydrogens is 503 g/mol. The molecule has 0 saturated carbocycles. The number of urea groups is 1. The Morgan fingerprint density at radius 3 is 2.05 bits per heavy atom. The average Bonchev–Trinajstić information content (AvgIpc) is 3.18. The molecule has 0 unspecified atom stereocenters. The lowest BCUT2D eigenvalue weighted by Crippen LogP contribution is -2.43. The van der Waals surface area contributed by atoms with E-state index in [1.807, 2.05) is 19.0 Å². The maximum atomic E-state index is 13.8. The third-order valence-corrected chi connectivity index (χ3v) is 6.89. The van der Waals surface area contributed by atoms with Gasteiger partial charge in [0.15, 0.2) is 0 Å². The molecule has 4 nitrogen and oxygen atoms in total. The Labute approximate surface area is 211 Å². The molecule has 0 aliphatic carbocycles. The van der Waals surface area contributed by atoms with Crippen LogP contribution < -0.4 is 0 Å². The number of likely N-dealkylation sites (tertiary alicyclic amines) is 1. The summed E-state index contributed by atoms with van der Waals surface area (Å²) in [6.07, 6.45) is -9.34. The van der Waals surface area contributed by atoms with E-state index in [0.29, 0.717) is 37.2 Å². The van der Waals surface area contributed by atoms with Crippen molar-refractivity contribution >= 4 is 6.03 Å². The van der Waals surface area contributed by atoms with E-state index in [4.69, 9.17) is 0 Å². The van der Waals surface area contributed by atoms with E-state index in [0.717, 1.165) is 10.5 Å². The van der Waals surface area contributed by atoms with Gasteiger partial charge >= 0.3 is 18.4 Å². The normalized spacial score (nSPS) is 19.4. The fourth-order valence-corrected chi connectivity index (χ4v) is 4.94. The molecule has 3 atom stereocenters. The highest BCUT2D eigenvalue weighted by Crippen LogP contribution is 2.42. The van der Waals surface area contributed by atoms with E-state index in [-0.39, 0.29) is 17.5 Å². The maximum Gasteiger partial charge on any atom is 0.416 e. The van der Waals surface area contributed by atoms with Crippen LogP contribution in [-0.2, 0) is 12.4 Å². The number of nitrogens with zero attached hydrogens (tertiary/aromatic N) is 3. The molecule has 0 aromatic heterocycles. The Balaban J connectivity index is 1.98. The molecule has 11 heteroatoms. The number of rotatable bonds is 5. The highest BCUT2D eigenvalue weighted by molar-refractivity contribution is 5.76. The molecule has 204 valence electrons. The second-order valence-corrected chi connectivity index (χ2v) is 9.86. The Bertz CT molecular complexity index is 1100. The molecule has 37 heavy (non-hydrogen) atoms. The first kappa shape index (κ1) is 28.7. The lowest BCUT2D eigenvalue weighted by Gasteiger charge is -2.36. The second-order valence-electron chi connectivity index (χ2n) is 9.86. The Morgan fingerprint density at radius 2 is 1.57 bits per heavy atom. The number of benzene rings is 2. The number of hydrogen-bond donors (Lipinski definition) is 0. The highest BCUT2D eigenvalue weighted by atomic mass is 19.4. The van der Waals surface area contributed by atoms with E-state index >= 15 is 0 Å². The molecule has 0 bridgehead atoms. The van der Waals surface area contributed by atoms with Gasteiger partial charge in [-0.1, -0.05) is 6.07 Å². The van der Waals surface area contributed by atoms with Crippen molar-refractivity contribution in [3.8, 4) is 0 Å². The molecule has 1 aliphatic heterocycles. The average molecular weight is 534 g/mol. The summed E-state index contributed by atoms with van der Waals surface area (Å²) in [5.74, 6) is -0.422. The van der Waals surface area contributed by atoms with E-state index in [1.165, 1.54) is 26.1 Å². The number of aryl methyl sites for hydroxylation is 1. The van der Waals surface area contributed by atoms with Crippen molar-refractivity contribution in [1.29, 1.82) is 0 Å². The van der Waals surface area contributed by atoms with Crippen LogP contribution in [0.4, 0.5) is 35.5 Å². The van der Waals surface area contributed by atoms with Crippen LogP contribution in [0, 0.1) is 18.7 Å². The molecule has 0 spiro atoms. The Hall–Kier alpha value is -2.82. The zero-order valence-corrected chi connectivity index (χ0v) is 21.2. The minimum absolute atomic E-state index is 0.00259. The molecule has 1 saturated heterocycles. The fourth-order valence-electron chi connectivity index (χ4n) is 4.94. The second kappa shape index (κ2) is 10.5. The quantitative estimate of drug-likeness (QED) is 0.391. The third kappa shape index (κ3) is 6.37. The van der Waals surface area contributed by atoms with Crippen LogP contribution in [0.3, 0.4) is 0 Å². The number of hydrogen-bond acceptors (Lipinski definition) is 2. The molecule has 0 radical (unpaired) electrons. The Morgan fingerprint density at radius 1 is 1.00 bits per heavy atom. The fraction of sp³-hybridized carbons (Fsp3) is 0.500. The predicted octanol–water partition coefficient (Wildman–Crippen LogP) is 6.91. The van der Waals surface area contributed by atoms with Crippen LogP contribution in [0.2, 0.25) is 0 Å². The Kier molecular flexibility index (Phi) is 8.16. The lowest BCUT2D eigenvalue weighted by atomic mass is 9.90. The molecule has 2 amide bonds. The van der Waals surface area contributed by atoms with Gasteiger partial charge in [-0.3, -0.25) is 0 Å². The van der Waals surface area contributed by atoms with Gasteiger partial charge in [0.25, 0.3) is 0 Å². The third-order valence-electron chi connectivity index (χ3n) is 6.89. The van der Waals surface area contributed by atoms with Gasteiger partial charge in [0.1, 0.15) is 5.82 Å². The van der Waals surface area contributed by atoms with Crippen LogP contribution in [0.15, 0.2) is 36.4 Å². The molecule has 1 fully saturated rings. The summed E-state index contributed by atoms with van der Waals surface area (Å²) in [7, 11) is 5.13. The zero-order valence-electron chi connectivity index (χ0n) is 21.2. The van der Waals surface area contributed by atoms with Gasteiger partial charge in [0.2, 0.25) is 0 Å². The van der Waals surface area contributed by atoms with Crippen molar-refractivity contribution < 1.29 is 35.5 Å². The SMILES string of the molecule is Cc1cc(F)ccc1[C@H]1[C@H](CN(C)C)CCN1C(=O)N(C)[C@@H](C)c1cc(C(F)(F)F)cc(C(F)(F)F)c1. The molecule has 2 aromatic rings. The summed E-state index contributed by atoms with van der Waals surface area (Å²) >= 11 is 0. The summed E-state index contributed by atoms with van der Waals surface area (Å²) in [6, 6.07) is 3.60. The van der Waals surface area contributed by atoms with Gasteiger partial charge in [0, 0.05) is 20.1 Å². The van der Waals surface area contributed by atoms with E-state index < -0.39 is 47.4 Å². The number of amides is 2. The standard InChI is InChI=1S/C26H30F7N3O/c1-15-10-21(27)6-7-22(15)23-17(14-34(3)4)8-9-36(23)24(37)35(5)16(2)18-11-19(25(28,29)30)13-20(12-18)26(31,32)33/h6-7,10-13,16-17,23H,8-9,14H2,1-5H3/t16-,17-,23+/m0/s1. The maximum absolute atomic E-state index is 13.8. The van der Waals surface area contributed by atoms with Crippen molar-refractivity contribution in [3.05, 3.63) is 70.0 Å². The largest absolute Gasteiger partial charge is 0.416 e. The number of carbonyl (C=O) groups is 1. The van der Waals surface area contributed by atoms with Gasteiger partial charge in [0.05, 0.1) is 23.2 Å². The van der Waals surface area contributed by atoms with Crippen molar-refractivity contribution in [3.63, 3.8) is 0 Å². The smallest absolute Gasteiger partial charge is 0.321 e. The zero-order chi connectivity index (χ0) is 27.9. The summed E-state index contributed by atoms with van der Waals surface area (Å²) in [5.41, 5.74) is -1.75. The van der Waals surface area contributed by atoms with Crippen molar-refractivity contribution in [2.45, 2.75) is 44.7 Å². The molecule has 0 N–H and O–H groups in total. The summed E-state index contributed by atoms with van der Waals surface area (Å²) < 4.78 is 94.0. The lowest BCUT2D eigenvalue weighted by molar-refractivity contribution is -0.143. The van der Waals surface area contributed by atoms with Crippen LogP contribution in [0.25, 0.3) is 0 Å². The molecule has 3 rings (SSSR count). The first-order valence-electron chi connectivity index (χ1n) is 11.7. The summed E-state index contributed by atoms with van der Waals surface area (Å²) in [5, 5.41) is 0. The van der Waals surface area contributed by atoms with Crippen LogP contribution in [-0.4, -0.2) is 55.0 Å². The molecule has 1 heterocycles. The van der Waals surface area contributed by atoms with Crippen molar-refractivity contribution in [2.75, 3.05) is 34.2 Å². The minimum Gasteiger partial charge on any atom is -0.321 e. The van der Waals surface area contributed by atoms with E-state index in [1.54, 1.807) is 17.9 Å². The van der Waals surface area contributed by atoms with E-state index in [2.05, 4.69) is 0 Å². The monoisotopic (exact) mass is 533 g/mol. The molecule has 2 aromatic carbocycles.